The zero-order valence-electron chi connectivity index (χ0n) is 47.3. The molecule has 4 aliphatic rings. The number of thiophene rings is 1. The van der Waals surface area contributed by atoms with E-state index in [4.69, 9.17) is 4.42 Å². The lowest BCUT2D eigenvalue weighted by atomic mass is 9.42. The molecule has 0 unspecified atom stereocenters. The first-order valence-corrected chi connectivity index (χ1v) is 29.2. The van der Waals surface area contributed by atoms with Gasteiger partial charge in [0.1, 0.15) is 11.2 Å². The molecule has 3 nitrogen and oxygen atoms in total. The van der Waals surface area contributed by atoms with Crippen molar-refractivity contribution >= 4 is 99.7 Å². The maximum atomic E-state index is 7.44. The summed E-state index contributed by atoms with van der Waals surface area (Å²) >= 11 is 1.90. The molecule has 2 aliphatic carbocycles. The molecule has 0 saturated heterocycles. The first-order chi connectivity index (χ1) is 37.2. The molecule has 78 heavy (non-hydrogen) atoms. The van der Waals surface area contributed by atoms with Crippen LogP contribution in [0.3, 0.4) is 0 Å². The molecule has 0 amide bonds. The molecule has 5 heteroatoms. The van der Waals surface area contributed by atoms with Crippen molar-refractivity contribution in [1.82, 2.24) is 0 Å². The second-order valence-electron chi connectivity index (χ2n) is 26.8. The summed E-state index contributed by atoms with van der Waals surface area (Å²) in [6.45, 7) is 28.9. The third kappa shape index (κ3) is 6.46. The first kappa shape index (κ1) is 47.8. The molecule has 2 aliphatic heterocycles. The monoisotopic (exact) mass is 1030 g/mol. The fourth-order valence-electron chi connectivity index (χ4n) is 15.0. The van der Waals surface area contributed by atoms with Crippen LogP contribution >= 0.6 is 11.3 Å². The van der Waals surface area contributed by atoms with Crippen molar-refractivity contribution in [1.29, 1.82) is 0 Å². The molecule has 0 radical (unpaired) electrons. The second-order valence-corrected chi connectivity index (χ2v) is 27.8. The van der Waals surface area contributed by atoms with Crippen LogP contribution in [0.15, 0.2) is 168 Å². The molecule has 0 atom stereocenters. The number of rotatable bonds is 3. The summed E-state index contributed by atoms with van der Waals surface area (Å²) < 4.78 is 10.0. The molecule has 15 rings (SSSR count). The molecule has 11 aromatic rings. The molecule has 0 fully saturated rings. The van der Waals surface area contributed by atoms with E-state index in [2.05, 4.69) is 257 Å². The minimum Gasteiger partial charge on any atom is -0.455 e. The molecule has 384 valence electrons. The predicted molar refractivity (Wildman–Crippen MR) is 335 cm³/mol. The number of furan rings is 1. The molecular formula is C73H67BN2OS. The van der Waals surface area contributed by atoms with Crippen molar-refractivity contribution in [3.8, 4) is 22.3 Å². The van der Waals surface area contributed by atoms with Crippen LogP contribution in [-0.2, 0) is 27.1 Å². The van der Waals surface area contributed by atoms with Gasteiger partial charge in [-0.15, -0.1) is 11.3 Å². The Morgan fingerprint density at radius 2 is 1.12 bits per heavy atom. The Kier molecular flexibility index (Phi) is 9.76. The molecule has 0 saturated carbocycles. The van der Waals surface area contributed by atoms with Gasteiger partial charge in [-0.05, 0) is 152 Å². The number of benzene rings is 9. The molecular weight excluding hydrogens is 964 g/mol. The Bertz CT molecular complexity index is 4410. The van der Waals surface area contributed by atoms with Crippen LogP contribution in [0, 0.1) is 6.92 Å². The minimum absolute atomic E-state index is 0.00141. The van der Waals surface area contributed by atoms with Crippen LogP contribution in [0.4, 0.5) is 28.4 Å². The van der Waals surface area contributed by atoms with Gasteiger partial charge in [0, 0.05) is 86.9 Å². The number of hydrogen-bond acceptors (Lipinski definition) is 4. The van der Waals surface area contributed by atoms with E-state index >= 15 is 0 Å². The number of hydrogen-bond donors (Lipinski definition) is 0. The van der Waals surface area contributed by atoms with Crippen molar-refractivity contribution in [2.24, 2.45) is 0 Å². The number of anilines is 5. The molecule has 0 bridgehead atoms. The zero-order valence-corrected chi connectivity index (χ0v) is 48.1. The fraction of sp³-hybridized carbons (Fsp3) is 0.260. The second kappa shape index (κ2) is 15.9. The highest BCUT2D eigenvalue weighted by atomic mass is 32.1. The van der Waals surface area contributed by atoms with Gasteiger partial charge in [0.25, 0.3) is 0 Å². The average molecular weight is 1030 g/mol. The van der Waals surface area contributed by atoms with Crippen LogP contribution in [0.25, 0.3) is 64.4 Å². The van der Waals surface area contributed by atoms with Crippen molar-refractivity contribution in [2.75, 3.05) is 9.71 Å². The number of fused-ring (bicyclic) bond motifs is 15. The van der Waals surface area contributed by atoms with Gasteiger partial charge in [-0.25, -0.2) is 0 Å². The van der Waals surface area contributed by atoms with Crippen molar-refractivity contribution in [3.63, 3.8) is 0 Å². The Morgan fingerprint density at radius 3 is 1.83 bits per heavy atom. The topological polar surface area (TPSA) is 19.6 Å². The van der Waals surface area contributed by atoms with Gasteiger partial charge < -0.3 is 14.1 Å². The molecule has 4 heterocycles. The summed E-state index contributed by atoms with van der Waals surface area (Å²) in [5.41, 5.74) is 26.0. The highest BCUT2D eigenvalue weighted by Crippen LogP contribution is 2.59. The summed E-state index contributed by atoms with van der Waals surface area (Å²) in [6.07, 6.45) is 2.31. The van der Waals surface area contributed by atoms with E-state index in [1.54, 1.807) is 0 Å². The summed E-state index contributed by atoms with van der Waals surface area (Å²) in [5.74, 6) is 0. The average Bonchev–Trinajstić information content (AvgIpc) is 2.29. The Labute approximate surface area is 464 Å². The molecule has 9 aromatic carbocycles. The molecule has 0 N–H and O–H groups in total. The van der Waals surface area contributed by atoms with E-state index in [1.807, 2.05) is 11.3 Å². The van der Waals surface area contributed by atoms with Crippen LogP contribution in [0.2, 0.25) is 0 Å². The molecule has 0 spiro atoms. The van der Waals surface area contributed by atoms with Gasteiger partial charge >= 0.3 is 6.85 Å². The van der Waals surface area contributed by atoms with Crippen molar-refractivity contribution < 1.29 is 4.42 Å². The van der Waals surface area contributed by atoms with E-state index in [9.17, 15) is 0 Å². The Balaban J connectivity index is 1.17. The van der Waals surface area contributed by atoms with Gasteiger partial charge in [0.05, 0.1) is 0 Å². The highest BCUT2D eigenvalue weighted by Gasteiger charge is 2.51. The third-order valence-electron chi connectivity index (χ3n) is 19.4. The summed E-state index contributed by atoms with van der Waals surface area (Å²) in [4.78, 5) is 5.51. The summed E-state index contributed by atoms with van der Waals surface area (Å²) in [5, 5.41) is 4.85. The minimum atomic E-state index is -0.285. The lowest BCUT2D eigenvalue weighted by Gasteiger charge is -2.49. The van der Waals surface area contributed by atoms with E-state index in [1.165, 1.54) is 133 Å². The Hall–Kier alpha value is -7.34. The van der Waals surface area contributed by atoms with Crippen LogP contribution < -0.4 is 20.6 Å². The largest absolute Gasteiger partial charge is 0.455 e. The fourth-order valence-corrected chi connectivity index (χ4v) is 16.1. The quantitative estimate of drug-likeness (QED) is 0.164. The lowest BCUT2D eigenvalue weighted by molar-refractivity contribution is 0.332. The first-order valence-electron chi connectivity index (χ1n) is 28.4. The summed E-state index contributed by atoms with van der Waals surface area (Å²) in [7, 11) is 0. The van der Waals surface area contributed by atoms with E-state index in [-0.39, 0.29) is 33.9 Å². The van der Waals surface area contributed by atoms with Crippen LogP contribution in [0.1, 0.15) is 134 Å². The SMILES string of the molecule is Cc1cc2c(cc1N1c3cc4c(cc3B3c5c1cc1c(oc6ccccc61)c5-c1c(ccc5sc6ccccc6c15)N3c1ccc(C(C)(C)C)cc1-c1ccccc1)C(C)(C)c1ccccc1C4(C)C)C(C)(C)CCC2(C)C. The summed E-state index contributed by atoms with van der Waals surface area (Å²) in [6, 6.07) is 63.5. The smallest absolute Gasteiger partial charge is 0.333 e. The van der Waals surface area contributed by atoms with E-state index in [0.717, 1.165) is 28.4 Å². The third-order valence-corrected chi connectivity index (χ3v) is 20.6. The van der Waals surface area contributed by atoms with Gasteiger partial charge in [-0.1, -0.05) is 185 Å². The van der Waals surface area contributed by atoms with Gasteiger partial charge in [0.2, 0.25) is 0 Å². The Morgan fingerprint density at radius 1 is 0.500 bits per heavy atom. The number of nitrogens with zero attached hydrogens (tertiary/aromatic N) is 2. The van der Waals surface area contributed by atoms with E-state index < -0.39 is 0 Å². The number of para-hydroxylation sites is 1. The van der Waals surface area contributed by atoms with Gasteiger partial charge in [-0.2, -0.15) is 0 Å². The van der Waals surface area contributed by atoms with Crippen molar-refractivity contribution in [3.05, 3.63) is 208 Å². The number of aryl methyl sites for hydroxylation is 1. The molecule has 2 aromatic heterocycles. The predicted octanol–water partition coefficient (Wildman–Crippen LogP) is 19.2. The van der Waals surface area contributed by atoms with Gasteiger partial charge in [0.15, 0.2) is 0 Å². The van der Waals surface area contributed by atoms with Crippen molar-refractivity contribution in [2.45, 2.75) is 123 Å². The normalized spacial score (nSPS) is 17.2. The maximum absolute atomic E-state index is 7.44. The van der Waals surface area contributed by atoms with Crippen LogP contribution in [-0.4, -0.2) is 6.85 Å². The maximum Gasteiger partial charge on any atom is 0.333 e. The zero-order chi connectivity index (χ0) is 53.7. The standard InChI is InChI=1S/C73H67BN2OS/c1-42-36-51-52(71(7,8)35-34-70(51,5)6)40-58(42)75-59-41-54-53(72(9,10)49-26-18-19-27-50(49)73(54,11)12)39-55(59)74-67-60(75)38-48-45-24-16-20-28-61(45)77-68(48)66(67)65-57(32-33-63-64(65)46-25-17-21-29-62(46)78-63)76(74)56-31-30-44(69(2,3)4)37-47(56)43-22-14-13-15-23-43/h13-33,36-41H,34-35H2,1-12H3. The van der Waals surface area contributed by atoms with E-state index in [0.29, 0.717) is 0 Å². The lowest BCUT2D eigenvalue weighted by Crippen LogP contribution is -2.62. The highest BCUT2D eigenvalue weighted by molar-refractivity contribution is 7.26. The van der Waals surface area contributed by atoms with Gasteiger partial charge in [-0.3, -0.25) is 0 Å². The van der Waals surface area contributed by atoms with Crippen LogP contribution in [0.5, 0.6) is 0 Å².